The number of thiophene rings is 1. The first-order chi connectivity index (χ1) is 14.2. The van der Waals surface area contributed by atoms with E-state index in [1.165, 1.54) is 0 Å². The first-order valence-corrected chi connectivity index (χ1v) is 11.0. The van der Waals surface area contributed by atoms with E-state index in [-0.39, 0.29) is 0 Å². The van der Waals surface area contributed by atoms with Gasteiger partial charge in [-0.1, -0.05) is 6.07 Å². The van der Waals surface area contributed by atoms with Crippen molar-refractivity contribution in [2.45, 2.75) is 32.4 Å². The van der Waals surface area contributed by atoms with Crippen molar-refractivity contribution in [3.8, 4) is 22.3 Å². The molecule has 1 unspecified atom stereocenters. The van der Waals surface area contributed by atoms with Gasteiger partial charge in [0.2, 0.25) is 5.89 Å². The molecular formula is C22H25N3O3S. The number of piperidine rings is 1. The van der Waals surface area contributed by atoms with Crippen LogP contribution in [0.5, 0.6) is 11.5 Å². The highest BCUT2D eigenvalue weighted by Crippen LogP contribution is 2.33. The van der Waals surface area contributed by atoms with Crippen LogP contribution in [0.3, 0.4) is 0 Å². The van der Waals surface area contributed by atoms with Gasteiger partial charge in [0.15, 0.2) is 11.5 Å². The zero-order valence-corrected chi connectivity index (χ0v) is 17.3. The summed E-state index contributed by atoms with van der Waals surface area (Å²) in [5, 5.41) is 5.72. The summed E-state index contributed by atoms with van der Waals surface area (Å²) in [6.45, 7) is 6.12. The first kappa shape index (κ1) is 18.5. The second kappa shape index (κ2) is 8.08. The van der Waals surface area contributed by atoms with Crippen LogP contribution in [0.15, 0.2) is 40.1 Å². The van der Waals surface area contributed by atoms with E-state index in [1.54, 1.807) is 11.3 Å². The number of ether oxygens (including phenoxy) is 2. The molecule has 1 N–H and O–H groups in total. The molecule has 3 aromatic rings. The van der Waals surface area contributed by atoms with Crippen molar-refractivity contribution >= 4 is 17.0 Å². The number of hydrogen-bond donors (Lipinski definition) is 1. The summed E-state index contributed by atoms with van der Waals surface area (Å²) in [5.74, 6) is 3.30. The zero-order valence-electron chi connectivity index (χ0n) is 16.5. The van der Waals surface area contributed by atoms with Crippen molar-refractivity contribution in [3.63, 3.8) is 0 Å². The fraction of sp³-hybridized carbons (Fsp3) is 0.409. The van der Waals surface area contributed by atoms with Crippen LogP contribution in [0.25, 0.3) is 10.8 Å². The number of rotatable bonds is 5. The lowest BCUT2D eigenvalue weighted by Gasteiger charge is -2.33. The average molecular weight is 412 g/mol. The summed E-state index contributed by atoms with van der Waals surface area (Å²) in [4.78, 5) is 8.30. The van der Waals surface area contributed by atoms with Gasteiger partial charge >= 0.3 is 0 Å². The third-order valence-corrected chi connectivity index (χ3v) is 6.27. The molecule has 1 aromatic carbocycles. The van der Waals surface area contributed by atoms with E-state index < -0.39 is 0 Å². The molecule has 7 heteroatoms. The Morgan fingerprint density at radius 3 is 2.97 bits per heavy atom. The van der Waals surface area contributed by atoms with Crippen molar-refractivity contribution < 1.29 is 13.9 Å². The van der Waals surface area contributed by atoms with Crippen LogP contribution in [0.1, 0.15) is 24.3 Å². The Kier molecular flexibility index (Phi) is 5.16. The van der Waals surface area contributed by atoms with Gasteiger partial charge in [-0.15, -0.1) is 11.3 Å². The Labute approximate surface area is 174 Å². The number of aromatic nitrogens is 1. The normalized spacial score (nSPS) is 19.3. The third kappa shape index (κ3) is 4.11. The van der Waals surface area contributed by atoms with Crippen molar-refractivity contribution in [3.05, 3.63) is 47.2 Å². The minimum atomic E-state index is 0.398. The molecule has 6 nitrogen and oxygen atoms in total. The predicted octanol–water partition coefficient (Wildman–Crippen LogP) is 4.56. The molecular weight excluding hydrogens is 386 g/mol. The molecule has 0 radical (unpaired) electrons. The highest BCUT2D eigenvalue weighted by molar-refractivity contribution is 7.13. The van der Waals surface area contributed by atoms with Crippen LogP contribution < -0.4 is 14.8 Å². The molecule has 2 aliphatic rings. The molecule has 0 aliphatic carbocycles. The van der Waals surface area contributed by atoms with E-state index in [1.807, 2.05) is 36.6 Å². The van der Waals surface area contributed by atoms with Gasteiger partial charge < -0.3 is 19.2 Å². The minimum Gasteiger partial charge on any atom is -0.486 e. The maximum absolute atomic E-state index is 5.91. The summed E-state index contributed by atoms with van der Waals surface area (Å²) < 4.78 is 17.2. The van der Waals surface area contributed by atoms with Gasteiger partial charge in [0.25, 0.3) is 0 Å². The number of aryl methyl sites for hydroxylation is 1. The molecule has 0 bridgehead atoms. The van der Waals surface area contributed by atoms with E-state index >= 15 is 0 Å². The smallest absolute Gasteiger partial charge is 0.236 e. The monoisotopic (exact) mass is 411 g/mol. The molecule has 2 aliphatic heterocycles. The van der Waals surface area contributed by atoms with Gasteiger partial charge in [0.05, 0.1) is 10.6 Å². The van der Waals surface area contributed by atoms with Gasteiger partial charge in [-0.2, -0.15) is 0 Å². The predicted molar refractivity (Wildman–Crippen MR) is 114 cm³/mol. The van der Waals surface area contributed by atoms with Gasteiger partial charge in [-0.05, 0) is 49.9 Å². The lowest BCUT2D eigenvalue weighted by molar-refractivity contribution is 0.171. The van der Waals surface area contributed by atoms with Gasteiger partial charge in [0, 0.05) is 30.9 Å². The third-order valence-electron chi connectivity index (χ3n) is 5.42. The van der Waals surface area contributed by atoms with Crippen LogP contribution in [0.4, 0.5) is 5.69 Å². The van der Waals surface area contributed by atoms with Crippen LogP contribution in [0, 0.1) is 6.92 Å². The maximum atomic E-state index is 5.91. The average Bonchev–Trinajstić information content (AvgIpc) is 3.39. The fourth-order valence-electron chi connectivity index (χ4n) is 3.98. The van der Waals surface area contributed by atoms with Crippen molar-refractivity contribution in [2.24, 2.45) is 0 Å². The maximum Gasteiger partial charge on any atom is 0.236 e. The molecule has 1 atom stereocenters. The molecule has 29 heavy (non-hydrogen) atoms. The van der Waals surface area contributed by atoms with E-state index in [0.717, 1.165) is 71.9 Å². The van der Waals surface area contributed by atoms with Crippen LogP contribution >= 0.6 is 11.3 Å². The minimum absolute atomic E-state index is 0.398. The van der Waals surface area contributed by atoms with Crippen molar-refractivity contribution in [2.75, 3.05) is 31.6 Å². The van der Waals surface area contributed by atoms with Crippen molar-refractivity contribution in [1.82, 2.24) is 9.88 Å². The quantitative estimate of drug-likeness (QED) is 0.664. The molecule has 4 heterocycles. The number of oxazole rings is 1. The Morgan fingerprint density at radius 1 is 1.21 bits per heavy atom. The van der Waals surface area contributed by atoms with Gasteiger partial charge in [-0.25, -0.2) is 4.98 Å². The zero-order chi connectivity index (χ0) is 19.6. The summed E-state index contributed by atoms with van der Waals surface area (Å²) in [6, 6.07) is 10.6. The van der Waals surface area contributed by atoms with Crippen molar-refractivity contribution in [1.29, 1.82) is 0 Å². The molecule has 1 saturated heterocycles. The second-order valence-electron chi connectivity index (χ2n) is 7.58. The number of nitrogens with one attached hydrogen (secondary N) is 1. The van der Waals surface area contributed by atoms with Crippen LogP contribution in [0.2, 0.25) is 0 Å². The number of benzene rings is 1. The fourth-order valence-corrected chi connectivity index (χ4v) is 4.63. The van der Waals surface area contributed by atoms with Gasteiger partial charge in [-0.3, -0.25) is 4.90 Å². The first-order valence-electron chi connectivity index (χ1n) is 10.1. The Balaban J connectivity index is 1.23. The molecule has 0 saturated carbocycles. The molecule has 152 valence electrons. The number of hydrogen-bond acceptors (Lipinski definition) is 7. The van der Waals surface area contributed by atoms with Crippen LogP contribution in [-0.4, -0.2) is 42.2 Å². The topological polar surface area (TPSA) is 59.8 Å². The number of anilines is 1. The summed E-state index contributed by atoms with van der Waals surface area (Å²) in [5.41, 5.74) is 2.12. The molecule has 0 amide bonds. The highest BCUT2D eigenvalue weighted by atomic mass is 32.1. The second-order valence-corrected chi connectivity index (χ2v) is 8.52. The Bertz CT molecular complexity index is 970. The molecule has 5 rings (SSSR count). The van der Waals surface area contributed by atoms with E-state index in [0.29, 0.717) is 19.3 Å². The number of likely N-dealkylation sites (tertiary alicyclic amines) is 1. The summed E-state index contributed by atoms with van der Waals surface area (Å²) >= 11 is 1.66. The molecule has 0 spiro atoms. The van der Waals surface area contributed by atoms with E-state index in [9.17, 15) is 0 Å². The van der Waals surface area contributed by atoms with Crippen LogP contribution in [-0.2, 0) is 6.54 Å². The summed E-state index contributed by atoms with van der Waals surface area (Å²) in [7, 11) is 0. The molecule has 1 fully saturated rings. The Morgan fingerprint density at radius 2 is 2.10 bits per heavy atom. The van der Waals surface area contributed by atoms with E-state index in [2.05, 4.69) is 16.3 Å². The largest absolute Gasteiger partial charge is 0.486 e. The highest BCUT2D eigenvalue weighted by Gasteiger charge is 2.23. The number of fused-ring (bicyclic) bond motifs is 1. The lowest BCUT2D eigenvalue weighted by atomic mass is 10.0. The van der Waals surface area contributed by atoms with Gasteiger partial charge in [0.1, 0.15) is 19.0 Å². The van der Waals surface area contributed by atoms with E-state index in [4.69, 9.17) is 18.9 Å². The SMILES string of the molecule is Cc1oc(-c2cccs2)nc1CN1CCCC(Nc2ccc3c(c2)OCCO3)C1. The lowest BCUT2D eigenvalue weighted by Crippen LogP contribution is -2.41. The number of nitrogens with zero attached hydrogens (tertiary/aromatic N) is 2. The standard InChI is InChI=1S/C22H25N3O3S/c1-15-18(24-22(28-15)21-5-3-11-29-21)14-25-8-2-4-17(13-25)23-16-6-7-19-20(12-16)27-10-9-26-19/h3,5-7,11-12,17,23H,2,4,8-10,13-14H2,1H3. The summed E-state index contributed by atoms with van der Waals surface area (Å²) in [6.07, 6.45) is 2.32. The molecule has 2 aromatic heterocycles. The Hall–Kier alpha value is -2.51.